The lowest BCUT2D eigenvalue weighted by Crippen LogP contribution is -2.41. The van der Waals surface area contributed by atoms with E-state index in [1.807, 2.05) is 26.1 Å². The normalized spacial score (nSPS) is 14.6. The van der Waals surface area contributed by atoms with Crippen molar-refractivity contribution in [3.63, 3.8) is 0 Å². The quantitative estimate of drug-likeness (QED) is 0.836. The number of hydrogen-bond acceptors (Lipinski definition) is 4. The molecular formula is C17H29NO3. The third-order valence-electron chi connectivity index (χ3n) is 3.58. The lowest BCUT2D eigenvalue weighted by atomic mass is 9.82. The van der Waals surface area contributed by atoms with Crippen LogP contribution in [0.25, 0.3) is 0 Å². The molecule has 0 aliphatic heterocycles. The van der Waals surface area contributed by atoms with E-state index in [1.54, 1.807) is 14.2 Å². The Labute approximate surface area is 128 Å². The Morgan fingerprint density at radius 3 is 2.14 bits per heavy atom. The van der Waals surface area contributed by atoms with Gasteiger partial charge in [-0.2, -0.15) is 0 Å². The van der Waals surface area contributed by atoms with E-state index in [-0.39, 0.29) is 17.6 Å². The van der Waals surface area contributed by atoms with Crippen molar-refractivity contribution in [3.05, 3.63) is 23.8 Å². The van der Waals surface area contributed by atoms with E-state index >= 15 is 0 Å². The molecule has 0 radical (unpaired) electrons. The van der Waals surface area contributed by atoms with Crippen LogP contribution in [-0.2, 0) is 4.74 Å². The smallest absolute Gasteiger partial charge is 0.161 e. The molecule has 21 heavy (non-hydrogen) atoms. The number of ether oxygens (including phenoxy) is 3. The number of methoxy groups -OCH3 is 2. The Hall–Kier alpha value is -1.26. The number of rotatable bonds is 7. The summed E-state index contributed by atoms with van der Waals surface area (Å²) in [5, 5.41) is 3.38. The van der Waals surface area contributed by atoms with Crippen molar-refractivity contribution in [2.45, 2.75) is 39.8 Å². The molecule has 1 N–H and O–H groups in total. The molecule has 4 heteroatoms. The average Bonchev–Trinajstić information content (AvgIpc) is 2.45. The first-order valence-electron chi connectivity index (χ1n) is 7.39. The number of benzene rings is 1. The van der Waals surface area contributed by atoms with Gasteiger partial charge in [0.15, 0.2) is 11.5 Å². The third kappa shape index (κ3) is 4.35. The summed E-state index contributed by atoms with van der Waals surface area (Å²) in [6.07, 6.45) is 0.0607. The van der Waals surface area contributed by atoms with E-state index in [2.05, 4.69) is 32.2 Å². The van der Waals surface area contributed by atoms with Gasteiger partial charge in [-0.1, -0.05) is 26.8 Å². The van der Waals surface area contributed by atoms with Gasteiger partial charge in [0.1, 0.15) is 0 Å². The van der Waals surface area contributed by atoms with Gasteiger partial charge in [-0.3, -0.25) is 0 Å². The predicted molar refractivity (Wildman–Crippen MR) is 86.2 cm³/mol. The van der Waals surface area contributed by atoms with Crippen molar-refractivity contribution in [1.82, 2.24) is 5.32 Å². The molecule has 1 rings (SSSR count). The minimum Gasteiger partial charge on any atom is -0.493 e. The van der Waals surface area contributed by atoms with Gasteiger partial charge in [0.05, 0.1) is 26.4 Å². The molecule has 0 aromatic heterocycles. The maximum atomic E-state index is 6.01. The maximum Gasteiger partial charge on any atom is 0.161 e. The predicted octanol–water partition coefficient (Wildman–Crippen LogP) is 3.42. The van der Waals surface area contributed by atoms with E-state index in [0.29, 0.717) is 6.61 Å². The highest BCUT2D eigenvalue weighted by Crippen LogP contribution is 2.36. The van der Waals surface area contributed by atoms with Crippen LogP contribution in [0.1, 0.15) is 39.3 Å². The summed E-state index contributed by atoms with van der Waals surface area (Å²) in [5.74, 6) is 1.47. The molecule has 0 saturated carbocycles. The summed E-state index contributed by atoms with van der Waals surface area (Å²) in [7, 11) is 5.25. The summed E-state index contributed by atoms with van der Waals surface area (Å²) in [6, 6.07) is 6.09. The molecule has 1 aromatic rings. The molecule has 2 atom stereocenters. The van der Waals surface area contributed by atoms with Crippen LogP contribution >= 0.6 is 0 Å². The molecule has 2 unspecified atom stereocenters. The first-order valence-corrected chi connectivity index (χ1v) is 7.39. The van der Waals surface area contributed by atoms with Gasteiger partial charge in [-0.25, -0.2) is 0 Å². The Morgan fingerprint density at radius 1 is 1.10 bits per heavy atom. The fraction of sp³-hybridized carbons (Fsp3) is 0.647. The molecule has 0 bridgehead atoms. The Balaban J connectivity index is 3.19. The fourth-order valence-electron chi connectivity index (χ4n) is 2.56. The largest absolute Gasteiger partial charge is 0.493 e. The van der Waals surface area contributed by atoms with Crippen LogP contribution in [0.3, 0.4) is 0 Å². The van der Waals surface area contributed by atoms with E-state index in [1.165, 1.54) is 0 Å². The van der Waals surface area contributed by atoms with Gasteiger partial charge in [-0.05, 0) is 37.1 Å². The van der Waals surface area contributed by atoms with Crippen LogP contribution in [0.5, 0.6) is 11.5 Å². The molecule has 0 spiro atoms. The first kappa shape index (κ1) is 17.8. The van der Waals surface area contributed by atoms with Crippen molar-refractivity contribution < 1.29 is 14.2 Å². The van der Waals surface area contributed by atoms with Gasteiger partial charge in [-0.15, -0.1) is 0 Å². The highest BCUT2D eigenvalue weighted by atomic mass is 16.5. The summed E-state index contributed by atoms with van der Waals surface area (Å²) < 4.78 is 16.7. The zero-order chi connectivity index (χ0) is 16.0. The van der Waals surface area contributed by atoms with Crippen LogP contribution in [-0.4, -0.2) is 34.0 Å². The molecule has 120 valence electrons. The number of nitrogens with one attached hydrogen (secondary N) is 1. The van der Waals surface area contributed by atoms with E-state index in [9.17, 15) is 0 Å². The molecule has 0 saturated heterocycles. The standard InChI is InChI=1S/C17H29NO3/c1-8-21-16(17(2,3)4)15(18-5)12-9-10-13(19-6)14(11-12)20-7/h9-11,15-16,18H,8H2,1-7H3. The third-order valence-corrected chi connectivity index (χ3v) is 3.58. The van der Waals surface area contributed by atoms with Crippen molar-refractivity contribution in [1.29, 1.82) is 0 Å². The Morgan fingerprint density at radius 2 is 1.71 bits per heavy atom. The van der Waals surface area contributed by atoms with Gasteiger partial charge in [0, 0.05) is 6.61 Å². The lowest BCUT2D eigenvalue weighted by molar-refractivity contribution is -0.0351. The summed E-state index contributed by atoms with van der Waals surface area (Å²) in [5.41, 5.74) is 1.15. The van der Waals surface area contributed by atoms with Crippen molar-refractivity contribution in [2.75, 3.05) is 27.9 Å². The van der Waals surface area contributed by atoms with Gasteiger partial charge in [0.25, 0.3) is 0 Å². The number of hydrogen-bond donors (Lipinski definition) is 1. The highest BCUT2D eigenvalue weighted by Gasteiger charge is 2.33. The second kappa shape index (κ2) is 7.66. The minimum absolute atomic E-state index is 0.0247. The van der Waals surface area contributed by atoms with Crippen LogP contribution in [0.15, 0.2) is 18.2 Å². The van der Waals surface area contributed by atoms with E-state index in [0.717, 1.165) is 17.1 Å². The molecule has 0 aliphatic rings. The minimum atomic E-state index is 0.0247. The van der Waals surface area contributed by atoms with E-state index < -0.39 is 0 Å². The molecular weight excluding hydrogens is 266 g/mol. The zero-order valence-electron chi connectivity index (χ0n) is 14.3. The average molecular weight is 295 g/mol. The monoisotopic (exact) mass is 295 g/mol. The van der Waals surface area contributed by atoms with Gasteiger partial charge >= 0.3 is 0 Å². The summed E-state index contributed by atoms with van der Waals surface area (Å²) in [4.78, 5) is 0. The van der Waals surface area contributed by atoms with Crippen molar-refractivity contribution in [2.24, 2.45) is 5.41 Å². The highest BCUT2D eigenvalue weighted by molar-refractivity contribution is 5.44. The summed E-state index contributed by atoms with van der Waals surface area (Å²) >= 11 is 0. The van der Waals surface area contributed by atoms with Crippen LogP contribution in [0.4, 0.5) is 0 Å². The molecule has 0 aliphatic carbocycles. The fourth-order valence-corrected chi connectivity index (χ4v) is 2.56. The van der Waals surface area contributed by atoms with Gasteiger partial charge < -0.3 is 19.5 Å². The molecule has 0 fully saturated rings. The second-order valence-corrected chi connectivity index (χ2v) is 6.12. The van der Waals surface area contributed by atoms with E-state index in [4.69, 9.17) is 14.2 Å². The molecule has 0 amide bonds. The summed E-state index contributed by atoms with van der Waals surface area (Å²) in [6.45, 7) is 9.29. The zero-order valence-corrected chi connectivity index (χ0v) is 14.3. The molecule has 0 heterocycles. The van der Waals surface area contributed by atoms with Crippen LogP contribution in [0.2, 0.25) is 0 Å². The second-order valence-electron chi connectivity index (χ2n) is 6.12. The topological polar surface area (TPSA) is 39.7 Å². The molecule has 4 nitrogen and oxygen atoms in total. The Bertz CT molecular complexity index is 440. The molecule has 1 aromatic carbocycles. The Kier molecular flexibility index (Phi) is 6.49. The van der Waals surface area contributed by atoms with Crippen molar-refractivity contribution in [3.8, 4) is 11.5 Å². The number of likely N-dealkylation sites (N-methyl/N-ethyl adjacent to an activating group) is 1. The first-order chi connectivity index (χ1) is 9.88. The van der Waals surface area contributed by atoms with Crippen molar-refractivity contribution >= 4 is 0 Å². The SMILES string of the molecule is CCOC(C(NC)c1ccc(OC)c(OC)c1)C(C)(C)C. The maximum absolute atomic E-state index is 6.01. The lowest BCUT2D eigenvalue weighted by Gasteiger charge is -2.37. The van der Waals surface area contributed by atoms with Gasteiger partial charge in [0.2, 0.25) is 0 Å². The van der Waals surface area contributed by atoms with Crippen LogP contribution in [0, 0.1) is 5.41 Å². The van der Waals surface area contributed by atoms with Crippen LogP contribution < -0.4 is 14.8 Å².